The molecule has 0 saturated heterocycles. The van der Waals surface area contributed by atoms with Crippen LogP contribution in [0.15, 0.2) is 120 Å². The van der Waals surface area contributed by atoms with E-state index in [1.807, 2.05) is 0 Å². The van der Waals surface area contributed by atoms with Crippen molar-refractivity contribution in [2.75, 3.05) is 13.1 Å². The number of hydrogen-bond acceptors (Lipinski definition) is 7. The van der Waals surface area contributed by atoms with Gasteiger partial charge in [0.2, 0.25) is 0 Å². The van der Waals surface area contributed by atoms with Crippen molar-refractivity contribution in [2.24, 2.45) is 5.73 Å². The Balaban J connectivity index is 0.000000239. The molecule has 0 fully saturated rings. The second-order valence-electron chi connectivity index (χ2n) is 11.4. The first-order valence-corrected chi connectivity index (χ1v) is 15.7. The van der Waals surface area contributed by atoms with Gasteiger partial charge in [-0.25, -0.2) is 28.6 Å². The molecule has 6 rings (SSSR count). The molecule has 0 bridgehead atoms. The van der Waals surface area contributed by atoms with Crippen LogP contribution in [0.25, 0.3) is 12.2 Å². The molecule has 8 nitrogen and oxygen atoms in total. The zero-order valence-electron chi connectivity index (χ0n) is 28.1. The molecule has 0 aromatic heterocycles. The van der Waals surface area contributed by atoms with Crippen LogP contribution < -0.4 is 15.2 Å². The Morgan fingerprint density at radius 1 is 0.615 bits per heavy atom. The van der Waals surface area contributed by atoms with Crippen LogP contribution >= 0.6 is 0 Å². The number of amides is 2. The predicted octanol–water partition coefficient (Wildman–Crippen LogP) is 10.2. The Kier molecular flexibility index (Phi) is 13.3. The SMILES string of the molecule is C/C(=C\c1cc(F)c(Oc2ccccc2)c(F)c1)CN.C/C(=C\c1cc(F)c(Oc2ccccc2)c(F)c1)CN1C(=O)c2ccccc2C1=O.N=N. The van der Waals surface area contributed by atoms with Crippen LogP contribution in [0.5, 0.6) is 23.0 Å². The maximum absolute atomic E-state index is 14.4. The molecule has 0 atom stereocenters. The lowest BCUT2D eigenvalue weighted by atomic mass is 10.1. The summed E-state index contributed by atoms with van der Waals surface area (Å²) in [5, 5.41) is 0. The van der Waals surface area contributed by atoms with Crippen molar-refractivity contribution in [3.05, 3.63) is 166 Å². The summed E-state index contributed by atoms with van der Waals surface area (Å²) in [6, 6.07) is 28.2. The number of carbonyl (C=O) groups is 2. The third-order valence-corrected chi connectivity index (χ3v) is 7.40. The number of rotatable bonds is 9. The average Bonchev–Trinajstić information content (AvgIpc) is 3.38. The number of fused-ring (bicyclic) bond motifs is 1. The summed E-state index contributed by atoms with van der Waals surface area (Å²) in [7, 11) is 0. The Hall–Kier alpha value is -6.40. The molecule has 5 aromatic rings. The maximum atomic E-state index is 14.4. The van der Waals surface area contributed by atoms with Crippen molar-refractivity contribution >= 4 is 24.0 Å². The van der Waals surface area contributed by atoms with E-state index >= 15 is 0 Å². The predicted molar refractivity (Wildman–Crippen MR) is 189 cm³/mol. The van der Waals surface area contributed by atoms with Gasteiger partial charge in [0, 0.05) is 6.54 Å². The molecule has 4 N–H and O–H groups in total. The first-order chi connectivity index (χ1) is 25.0. The van der Waals surface area contributed by atoms with Crippen LogP contribution in [-0.2, 0) is 0 Å². The Morgan fingerprint density at radius 3 is 1.33 bits per heavy atom. The molecule has 0 unspecified atom stereocenters. The Morgan fingerprint density at radius 2 is 0.962 bits per heavy atom. The number of benzene rings is 5. The van der Waals surface area contributed by atoms with Crippen molar-refractivity contribution in [1.82, 2.24) is 4.90 Å². The molecule has 12 heteroatoms. The summed E-state index contributed by atoms with van der Waals surface area (Å²) < 4.78 is 67.3. The van der Waals surface area contributed by atoms with E-state index in [0.29, 0.717) is 40.3 Å². The van der Waals surface area contributed by atoms with Gasteiger partial charge >= 0.3 is 0 Å². The largest absolute Gasteiger partial charge is 0.451 e. The summed E-state index contributed by atoms with van der Waals surface area (Å²) >= 11 is 0. The third-order valence-electron chi connectivity index (χ3n) is 7.40. The van der Waals surface area contributed by atoms with Crippen LogP contribution in [-0.4, -0.2) is 29.8 Å². The molecule has 0 aliphatic carbocycles. The van der Waals surface area contributed by atoms with E-state index in [9.17, 15) is 27.2 Å². The van der Waals surface area contributed by atoms with Gasteiger partial charge in [0.25, 0.3) is 11.8 Å². The molecular formula is C40H34F4N4O4. The Labute approximate surface area is 297 Å². The number of nitrogens with zero attached hydrogens (tertiary/aromatic N) is 1. The quantitative estimate of drug-likeness (QED) is 0.0797. The van der Waals surface area contributed by atoms with Gasteiger partial charge < -0.3 is 15.2 Å². The van der Waals surface area contributed by atoms with Crippen molar-refractivity contribution < 1.29 is 36.6 Å². The van der Waals surface area contributed by atoms with Crippen LogP contribution in [0.3, 0.4) is 0 Å². The summed E-state index contributed by atoms with van der Waals surface area (Å²) in [6.07, 6.45) is 3.17. The van der Waals surface area contributed by atoms with E-state index in [0.717, 1.165) is 22.6 Å². The van der Waals surface area contributed by atoms with Crippen molar-refractivity contribution in [3.63, 3.8) is 0 Å². The van der Waals surface area contributed by atoms with E-state index in [1.165, 1.54) is 18.2 Å². The van der Waals surface area contributed by atoms with Gasteiger partial charge in [0.1, 0.15) is 11.5 Å². The van der Waals surface area contributed by atoms with Gasteiger partial charge in [-0.2, -0.15) is 0 Å². The molecule has 0 saturated carbocycles. The average molecular weight is 711 g/mol. The number of nitrogens with two attached hydrogens (primary N) is 1. The summed E-state index contributed by atoms with van der Waals surface area (Å²) in [6.45, 7) is 3.85. The molecule has 266 valence electrons. The molecule has 0 radical (unpaired) electrons. The third kappa shape index (κ3) is 9.64. The zero-order chi connectivity index (χ0) is 37.8. The molecule has 5 aromatic carbocycles. The first kappa shape index (κ1) is 38.4. The molecule has 1 aliphatic rings. The smallest absolute Gasteiger partial charge is 0.261 e. The second-order valence-corrected chi connectivity index (χ2v) is 11.4. The van der Waals surface area contributed by atoms with E-state index in [2.05, 4.69) is 0 Å². The van der Waals surface area contributed by atoms with Crippen molar-refractivity contribution in [2.45, 2.75) is 13.8 Å². The highest BCUT2D eigenvalue weighted by Crippen LogP contribution is 2.31. The minimum absolute atomic E-state index is 0.0256. The number of para-hydroxylation sites is 2. The van der Waals surface area contributed by atoms with Gasteiger partial charge in [0.15, 0.2) is 34.8 Å². The fourth-order valence-electron chi connectivity index (χ4n) is 5.04. The van der Waals surface area contributed by atoms with E-state index < -0.39 is 34.8 Å². The molecular weight excluding hydrogens is 676 g/mol. The van der Waals surface area contributed by atoms with Gasteiger partial charge in [-0.3, -0.25) is 14.5 Å². The number of halogens is 4. The van der Waals surface area contributed by atoms with Crippen LogP contribution in [0, 0.1) is 34.3 Å². The molecule has 2 amide bonds. The van der Waals surface area contributed by atoms with Crippen LogP contribution in [0.1, 0.15) is 45.7 Å². The summed E-state index contributed by atoms with van der Waals surface area (Å²) in [5.41, 5.74) is 18.3. The van der Waals surface area contributed by atoms with Crippen LogP contribution in [0.2, 0.25) is 0 Å². The molecule has 1 heterocycles. The summed E-state index contributed by atoms with van der Waals surface area (Å²) in [5.74, 6) is -4.14. The van der Waals surface area contributed by atoms with Crippen LogP contribution in [0.4, 0.5) is 17.6 Å². The highest BCUT2D eigenvalue weighted by atomic mass is 19.1. The minimum atomic E-state index is -0.848. The standard InChI is InChI=1S/C24H17F2NO3.C16H15F2NO.H2N2/c1-15(14-27-23(28)18-9-5-6-10-19(18)24(27)29)11-16-12-20(25)22(21(26)13-16)30-17-7-3-2-4-8-17;1-11(10-19)7-12-8-14(17)16(15(18)9-12)20-13-5-3-2-4-6-13;1-2/h2-13H,14H2,1H3;2-9H,10,19H2,1H3;1-2H/b15-11+;11-7+;. The lowest BCUT2D eigenvalue weighted by molar-refractivity contribution is 0.0668. The zero-order valence-corrected chi connectivity index (χ0v) is 28.1. The first-order valence-electron chi connectivity index (χ1n) is 15.7. The number of carbonyl (C=O) groups excluding carboxylic acids is 2. The van der Waals surface area contributed by atoms with Crippen molar-refractivity contribution in [3.8, 4) is 23.0 Å². The molecule has 52 heavy (non-hydrogen) atoms. The number of hydrogen-bond donors (Lipinski definition) is 3. The number of ether oxygens (including phenoxy) is 2. The van der Waals surface area contributed by atoms with Gasteiger partial charge in [-0.05, 0) is 85.6 Å². The monoisotopic (exact) mass is 710 g/mol. The van der Waals surface area contributed by atoms with Gasteiger partial charge in [-0.15, -0.1) is 0 Å². The number of nitrogens with one attached hydrogen (secondary N) is 2. The topological polar surface area (TPSA) is 130 Å². The maximum Gasteiger partial charge on any atom is 0.261 e. The lowest BCUT2D eigenvalue weighted by Crippen LogP contribution is -2.31. The number of imide groups is 1. The van der Waals surface area contributed by atoms with E-state index in [4.69, 9.17) is 26.3 Å². The van der Waals surface area contributed by atoms with E-state index in [1.54, 1.807) is 105 Å². The van der Waals surface area contributed by atoms with Gasteiger partial charge in [-0.1, -0.05) is 71.8 Å². The molecule has 0 spiro atoms. The fourth-order valence-corrected chi connectivity index (χ4v) is 5.04. The van der Waals surface area contributed by atoms with E-state index in [-0.39, 0.29) is 23.9 Å². The fraction of sp³-hybridized carbons (Fsp3) is 0.100. The highest BCUT2D eigenvalue weighted by molar-refractivity contribution is 6.21. The second kappa shape index (κ2) is 18.0. The highest BCUT2D eigenvalue weighted by Gasteiger charge is 2.34. The molecule has 1 aliphatic heterocycles. The minimum Gasteiger partial charge on any atom is -0.451 e. The Bertz CT molecular complexity index is 2030. The van der Waals surface area contributed by atoms with Gasteiger partial charge in [0.05, 0.1) is 17.7 Å². The van der Waals surface area contributed by atoms with Crippen molar-refractivity contribution in [1.29, 1.82) is 11.1 Å². The lowest BCUT2D eigenvalue weighted by Gasteiger charge is -2.14. The summed E-state index contributed by atoms with van der Waals surface area (Å²) in [4.78, 5) is 26.0. The normalized spacial score (nSPS) is 12.3.